The van der Waals surface area contributed by atoms with E-state index in [2.05, 4.69) is 6.92 Å². The first-order valence-corrected chi connectivity index (χ1v) is 14.9. The number of ether oxygens (including phenoxy) is 1. The number of halogens is 5. The second-order valence-electron chi connectivity index (χ2n) is 12.2. The van der Waals surface area contributed by atoms with E-state index in [-0.39, 0.29) is 21.9 Å². The SMILES string of the molecule is CC1CCC(C2CCC(C3CCC(C(F)(F)Oc4ccc(-c5ccc(Cl)c(F)c5)c(F)c4)CC3)CC2)CC1. The summed E-state index contributed by atoms with van der Waals surface area (Å²) in [6, 6.07) is 7.55. The normalized spacial score (nSPS) is 30.7. The van der Waals surface area contributed by atoms with E-state index in [9.17, 15) is 8.78 Å². The van der Waals surface area contributed by atoms with Crippen LogP contribution in [-0.4, -0.2) is 6.11 Å². The van der Waals surface area contributed by atoms with Gasteiger partial charge in [0, 0.05) is 11.6 Å². The Labute approximate surface area is 229 Å². The van der Waals surface area contributed by atoms with Gasteiger partial charge in [0.25, 0.3) is 0 Å². The van der Waals surface area contributed by atoms with Crippen LogP contribution in [0.25, 0.3) is 11.1 Å². The van der Waals surface area contributed by atoms with E-state index in [1.807, 2.05) is 0 Å². The summed E-state index contributed by atoms with van der Waals surface area (Å²) in [6.07, 6.45) is 9.81. The Morgan fingerprint density at radius 1 is 0.684 bits per heavy atom. The van der Waals surface area contributed by atoms with Crippen LogP contribution in [-0.2, 0) is 0 Å². The molecule has 6 heteroatoms. The van der Waals surface area contributed by atoms with Gasteiger partial charge in [-0.05, 0) is 124 Å². The van der Waals surface area contributed by atoms with Crippen molar-refractivity contribution in [3.8, 4) is 16.9 Å². The maximum Gasteiger partial charge on any atom is 0.400 e. The molecule has 0 N–H and O–H groups in total. The molecule has 0 atom stereocenters. The fourth-order valence-corrected chi connectivity index (χ4v) is 7.59. The molecule has 0 heterocycles. The Balaban J connectivity index is 1.12. The smallest absolute Gasteiger partial charge is 0.400 e. The van der Waals surface area contributed by atoms with Crippen molar-refractivity contribution in [1.82, 2.24) is 0 Å². The van der Waals surface area contributed by atoms with Gasteiger partial charge in [0.15, 0.2) is 0 Å². The van der Waals surface area contributed by atoms with Gasteiger partial charge in [-0.2, -0.15) is 8.78 Å². The molecule has 1 nitrogen and oxygen atoms in total. The van der Waals surface area contributed by atoms with Gasteiger partial charge >= 0.3 is 6.11 Å². The zero-order valence-electron chi connectivity index (χ0n) is 22.2. The first-order valence-electron chi connectivity index (χ1n) is 14.5. The largest absolute Gasteiger partial charge is 0.432 e. The number of alkyl halides is 2. The van der Waals surface area contributed by atoms with Crippen LogP contribution in [0.5, 0.6) is 5.75 Å². The summed E-state index contributed by atoms with van der Waals surface area (Å²) in [5.74, 6) is 1.37. The minimum atomic E-state index is -3.36. The van der Waals surface area contributed by atoms with Crippen LogP contribution in [0.1, 0.15) is 84.0 Å². The molecule has 3 aliphatic carbocycles. The highest BCUT2D eigenvalue weighted by Crippen LogP contribution is 2.48. The molecule has 0 aliphatic heterocycles. The van der Waals surface area contributed by atoms with Crippen LogP contribution in [0.2, 0.25) is 5.02 Å². The van der Waals surface area contributed by atoms with Crippen LogP contribution in [0.4, 0.5) is 17.6 Å². The molecule has 3 saturated carbocycles. The van der Waals surface area contributed by atoms with Crippen molar-refractivity contribution in [3.63, 3.8) is 0 Å². The molecule has 2 aromatic rings. The average Bonchev–Trinajstić information content (AvgIpc) is 2.91. The van der Waals surface area contributed by atoms with Crippen LogP contribution in [0.15, 0.2) is 36.4 Å². The molecule has 0 spiro atoms. The van der Waals surface area contributed by atoms with Crippen LogP contribution in [0.3, 0.4) is 0 Å². The number of hydrogen-bond acceptors (Lipinski definition) is 1. The second-order valence-corrected chi connectivity index (χ2v) is 12.6. The molecule has 0 unspecified atom stereocenters. The van der Waals surface area contributed by atoms with Crippen LogP contribution < -0.4 is 4.74 Å². The highest BCUT2D eigenvalue weighted by Gasteiger charge is 2.45. The molecular weight excluding hydrogens is 512 g/mol. The summed E-state index contributed by atoms with van der Waals surface area (Å²) in [7, 11) is 0. The highest BCUT2D eigenvalue weighted by molar-refractivity contribution is 6.30. The Hall–Kier alpha value is -1.75. The molecule has 0 bridgehead atoms. The Bertz CT molecular complexity index is 1080. The molecule has 5 rings (SSSR count). The third kappa shape index (κ3) is 6.35. The molecule has 0 amide bonds. The first-order chi connectivity index (χ1) is 18.2. The lowest BCUT2D eigenvalue weighted by Gasteiger charge is -2.41. The minimum Gasteiger partial charge on any atom is -0.432 e. The van der Waals surface area contributed by atoms with Crippen molar-refractivity contribution in [2.75, 3.05) is 0 Å². The van der Waals surface area contributed by atoms with Crippen molar-refractivity contribution in [2.24, 2.45) is 35.5 Å². The second kappa shape index (κ2) is 11.8. The number of hydrogen-bond donors (Lipinski definition) is 0. The maximum atomic E-state index is 15.1. The highest BCUT2D eigenvalue weighted by atomic mass is 35.5. The Morgan fingerprint density at radius 3 is 1.74 bits per heavy atom. The van der Waals surface area contributed by atoms with E-state index in [0.29, 0.717) is 24.7 Å². The van der Waals surface area contributed by atoms with Crippen molar-refractivity contribution in [3.05, 3.63) is 53.1 Å². The lowest BCUT2D eigenvalue weighted by Crippen LogP contribution is -2.38. The molecule has 0 radical (unpaired) electrons. The van der Waals surface area contributed by atoms with E-state index in [4.69, 9.17) is 16.3 Å². The first kappa shape index (κ1) is 27.8. The summed E-state index contributed by atoms with van der Waals surface area (Å²) in [4.78, 5) is 0. The Morgan fingerprint density at radius 2 is 1.21 bits per heavy atom. The summed E-state index contributed by atoms with van der Waals surface area (Å²) in [6.45, 7) is 2.37. The van der Waals surface area contributed by atoms with Crippen molar-refractivity contribution in [2.45, 2.75) is 90.1 Å². The van der Waals surface area contributed by atoms with E-state index in [1.54, 1.807) is 0 Å². The summed E-state index contributed by atoms with van der Waals surface area (Å²) in [5, 5.41) is -0.0645. The molecule has 2 aromatic carbocycles. The molecule has 0 saturated heterocycles. The molecule has 0 aromatic heterocycles. The fourth-order valence-electron chi connectivity index (χ4n) is 7.47. The van der Waals surface area contributed by atoms with Crippen molar-refractivity contribution < 1.29 is 22.3 Å². The van der Waals surface area contributed by atoms with E-state index < -0.39 is 23.7 Å². The summed E-state index contributed by atoms with van der Waals surface area (Å²) in [5.41, 5.74) is 0.382. The lowest BCUT2D eigenvalue weighted by molar-refractivity contribution is -0.224. The molecule has 3 aliphatic rings. The van der Waals surface area contributed by atoms with Crippen LogP contribution >= 0.6 is 11.6 Å². The zero-order chi connectivity index (χ0) is 26.9. The van der Waals surface area contributed by atoms with Gasteiger partial charge in [-0.1, -0.05) is 37.4 Å². The predicted molar refractivity (Wildman–Crippen MR) is 144 cm³/mol. The van der Waals surface area contributed by atoms with Gasteiger partial charge in [0.1, 0.15) is 17.4 Å². The topological polar surface area (TPSA) is 9.23 Å². The van der Waals surface area contributed by atoms with Crippen molar-refractivity contribution in [1.29, 1.82) is 0 Å². The summed E-state index contributed by atoms with van der Waals surface area (Å²) < 4.78 is 63.7. The standard InChI is InChI=1S/C32H39ClF4O/c1-20-2-4-21(5-3-20)22-6-8-23(9-7-22)24-10-13-26(14-11-24)32(36,37)38-27-15-16-28(30(34)19-27)25-12-17-29(33)31(35)18-25/h12,15-24,26H,2-11,13-14H2,1H3. The van der Waals surface area contributed by atoms with Gasteiger partial charge in [-0.3, -0.25) is 0 Å². The zero-order valence-corrected chi connectivity index (χ0v) is 23.0. The van der Waals surface area contributed by atoms with Crippen molar-refractivity contribution >= 4 is 11.6 Å². The minimum absolute atomic E-state index is 0.0645. The molecule has 208 valence electrons. The monoisotopic (exact) mass is 550 g/mol. The van der Waals surface area contributed by atoms with Gasteiger partial charge in [0.05, 0.1) is 10.9 Å². The third-order valence-corrected chi connectivity index (χ3v) is 10.2. The van der Waals surface area contributed by atoms with E-state index >= 15 is 8.78 Å². The fraction of sp³-hybridized carbons (Fsp3) is 0.625. The van der Waals surface area contributed by atoms with Gasteiger partial charge in [-0.15, -0.1) is 0 Å². The quantitative estimate of drug-likeness (QED) is 0.325. The summed E-state index contributed by atoms with van der Waals surface area (Å²) >= 11 is 5.70. The van der Waals surface area contributed by atoms with Gasteiger partial charge in [0.2, 0.25) is 0 Å². The average molecular weight is 551 g/mol. The van der Waals surface area contributed by atoms with Gasteiger partial charge < -0.3 is 4.74 Å². The Kier molecular flexibility index (Phi) is 8.62. The van der Waals surface area contributed by atoms with E-state index in [0.717, 1.165) is 42.7 Å². The molecule has 38 heavy (non-hydrogen) atoms. The third-order valence-electron chi connectivity index (χ3n) is 9.88. The molecular formula is C32H39ClF4O. The number of rotatable bonds is 6. The lowest BCUT2D eigenvalue weighted by atomic mass is 9.65. The predicted octanol–water partition coefficient (Wildman–Crippen LogP) is 10.7. The van der Waals surface area contributed by atoms with E-state index in [1.165, 1.54) is 75.6 Å². The van der Waals surface area contributed by atoms with Crippen LogP contribution in [0, 0.1) is 47.1 Å². The van der Waals surface area contributed by atoms with Gasteiger partial charge in [-0.25, -0.2) is 8.78 Å². The molecule has 3 fully saturated rings. The number of benzene rings is 2. The maximum absolute atomic E-state index is 15.1.